The second-order valence-corrected chi connectivity index (χ2v) is 5.99. The fourth-order valence-corrected chi connectivity index (χ4v) is 3.28. The lowest BCUT2D eigenvalue weighted by Gasteiger charge is -2.14. The summed E-state index contributed by atoms with van der Waals surface area (Å²) >= 11 is 3.29. The predicted molar refractivity (Wildman–Crippen MR) is 79.3 cm³/mol. The van der Waals surface area contributed by atoms with Gasteiger partial charge in [0.15, 0.2) is 11.5 Å². The van der Waals surface area contributed by atoms with Gasteiger partial charge in [0.05, 0.1) is 14.2 Å². The number of nitrogens with two attached hydrogens (primary N) is 1. The van der Waals surface area contributed by atoms with Gasteiger partial charge in [-0.25, -0.2) is 4.98 Å². The van der Waals surface area contributed by atoms with E-state index < -0.39 is 0 Å². The van der Waals surface area contributed by atoms with E-state index in [1.807, 2.05) is 23.6 Å². The van der Waals surface area contributed by atoms with Gasteiger partial charge in [0, 0.05) is 23.4 Å². The van der Waals surface area contributed by atoms with Crippen LogP contribution in [0.5, 0.6) is 11.5 Å². The van der Waals surface area contributed by atoms with E-state index in [0.717, 1.165) is 15.7 Å². The van der Waals surface area contributed by atoms with Crippen LogP contribution in [0.4, 0.5) is 0 Å². The lowest BCUT2D eigenvalue weighted by molar-refractivity contribution is 0.354. The van der Waals surface area contributed by atoms with Crippen molar-refractivity contribution in [2.45, 2.75) is 10.4 Å². The van der Waals surface area contributed by atoms with E-state index in [0.29, 0.717) is 11.5 Å². The van der Waals surface area contributed by atoms with Gasteiger partial charge < -0.3 is 15.2 Å². The van der Waals surface area contributed by atoms with Crippen molar-refractivity contribution in [1.29, 1.82) is 0 Å². The number of aromatic nitrogens is 1. The molecule has 2 rings (SSSR count). The third kappa shape index (κ3) is 3.62. The molecule has 1 atom stereocenters. The molecule has 0 radical (unpaired) electrons. The van der Waals surface area contributed by atoms with Gasteiger partial charge in [0.2, 0.25) is 0 Å². The maximum atomic E-state index is 6.19. The smallest absolute Gasteiger partial charge is 0.161 e. The Morgan fingerprint density at radius 3 is 2.74 bits per heavy atom. The first-order valence-electron chi connectivity index (χ1n) is 5.74. The molecular formula is C13H16N2O2S2. The van der Waals surface area contributed by atoms with Crippen LogP contribution in [-0.2, 0) is 0 Å². The number of rotatable bonds is 6. The highest BCUT2D eigenvalue weighted by molar-refractivity contribution is 8.01. The molecule has 1 aromatic heterocycles. The van der Waals surface area contributed by atoms with Crippen molar-refractivity contribution >= 4 is 23.1 Å². The molecule has 19 heavy (non-hydrogen) atoms. The minimum Gasteiger partial charge on any atom is -0.493 e. The summed E-state index contributed by atoms with van der Waals surface area (Å²) in [5.41, 5.74) is 7.22. The van der Waals surface area contributed by atoms with E-state index in [2.05, 4.69) is 4.98 Å². The van der Waals surface area contributed by atoms with Gasteiger partial charge in [-0.1, -0.05) is 17.8 Å². The normalized spacial score (nSPS) is 12.2. The summed E-state index contributed by atoms with van der Waals surface area (Å²) in [5, 5.41) is 1.96. The molecule has 6 heteroatoms. The first-order valence-corrected chi connectivity index (χ1v) is 7.61. The van der Waals surface area contributed by atoms with Crippen LogP contribution in [0.2, 0.25) is 0 Å². The van der Waals surface area contributed by atoms with E-state index >= 15 is 0 Å². The molecule has 2 aromatic rings. The molecule has 0 fully saturated rings. The molecule has 0 saturated carbocycles. The predicted octanol–water partition coefficient (Wildman–Crippen LogP) is 2.95. The van der Waals surface area contributed by atoms with Gasteiger partial charge >= 0.3 is 0 Å². The van der Waals surface area contributed by atoms with E-state index in [-0.39, 0.29) is 6.04 Å². The number of nitrogens with zero attached hydrogens (tertiary/aromatic N) is 1. The number of benzene rings is 1. The first kappa shape index (κ1) is 14.2. The molecular weight excluding hydrogens is 280 g/mol. The Morgan fingerprint density at radius 2 is 2.11 bits per heavy atom. The summed E-state index contributed by atoms with van der Waals surface area (Å²) in [4.78, 5) is 4.22. The first-order chi connectivity index (χ1) is 9.24. The standard InChI is InChI=1S/C13H16N2O2S2/c1-16-11-4-3-9(7-12(11)17-2)10(14)8-19-13-15-5-6-18-13/h3-7,10H,8,14H2,1-2H3. The fourth-order valence-electron chi connectivity index (χ4n) is 1.62. The largest absolute Gasteiger partial charge is 0.493 e. The zero-order chi connectivity index (χ0) is 13.7. The summed E-state index contributed by atoms with van der Waals surface area (Å²) in [6.07, 6.45) is 1.80. The highest BCUT2D eigenvalue weighted by atomic mass is 32.2. The highest BCUT2D eigenvalue weighted by Gasteiger charge is 2.11. The summed E-state index contributed by atoms with van der Waals surface area (Å²) in [6, 6.07) is 5.70. The Morgan fingerprint density at radius 1 is 1.32 bits per heavy atom. The van der Waals surface area contributed by atoms with Crippen LogP contribution in [0.3, 0.4) is 0 Å². The van der Waals surface area contributed by atoms with E-state index in [9.17, 15) is 0 Å². The van der Waals surface area contributed by atoms with Crippen molar-refractivity contribution < 1.29 is 9.47 Å². The third-order valence-electron chi connectivity index (χ3n) is 2.63. The number of hydrogen-bond donors (Lipinski definition) is 1. The average Bonchev–Trinajstić information content (AvgIpc) is 2.97. The Labute approximate surface area is 120 Å². The van der Waals surface area contributed by atoms with Crippen molar-refractivity contribution in [2.24, 2.45) is 5.73 Å². The topological polar surface area (TPSA) is 57.4 Å². The van der Waals surface area contributed by atoms with Gasteiger partial charge in [-0.2, -0.15) is 0 Å². The Bertz CT molecular complexity index is 517. The van der Waals surface area contributed by atoms with E-state index in [4.69, 9.17) is 15.2 Å². The molecule has 0 spiro atoms. The molecule has 1 aromatic carbocycles. The summed E-state index contributed by atoms with van der Waals surface area (Å²) in [5.74, 6) is 2.20. The molecule has 0 aliphatic carbocycles. The van der Waals surface area contributed by atoms with Crippen molar-refractivity contribution in [1.82, 2.24) is 4.98 Å². The number of thiazole rings is 1. The SMILES string of the molecule is COc1ccc(C(N)CSc2nccs2)cc1OC. The minimum absolute atomic E-state index is 0.0614. The van der Waals surface area contributed by atoms with Crippen molar-refractivity contribution in [3.05, 3.63) is 35.3 Å². The molecule has 1 heterocycles. The summed E-state index contributed by atoms with van der Waals surface area (Å²) < 4.78 is 11.5. The van der Waals surface area contributed by atoms with Crippen molar-refractivity contribution in [3.63, 3.8) is 0 Å². The number of hydrogen-bond acceptors (Lipinski definition) is 6. The van der Waals surface area contributed by atoms with Crippen LogP contribution in [0.15, 0.2) is 34.1 Å². The van der Waals surface area contributed by atoms with E-state index in [1.165, 1.54) is 0 Å². The van der Waals surface area contributed by atoms with Crippen LogP contribution in [0.1, 0.15) is 11.6 Å². The number of methoxy groups -OCH3 is 2. The fraction of sp³-hybridized carbons (Fsp3) is 0.308. The lowest BCUT2D eigenvalue weighted by Crippen LogP contribution is -2.13. The summed E-state index contributed by atoms with van der Waals surface area (Å²) in [6.45, 7) is 0. The molecule has 0 aliphatic heterocycles. The highest BCUT2D eigenvalue weighted by Crippen LogP contribution is 2.31. The van der Waals surface area contributed by atoms with Crippen molar-refractivity contribution in [2.75, 3.05) is 20.0 Å². The second kappa shape index (κ2) is 6.79. The number of thioether (sulfide) groups is 1. The van der Waals surface area contributed by atoms with Gasteiger partial charge in [-0.05, 0) is 17.7 Å². The molecule has 1 unspecified atom stereocenters. The Hall–Kier alpha value is -1.24. The van der Waals surface area contributed by atoms with Gasteiger partial charge in [-0.3, -0.25) is 0 Å². The van der Waals surface area contributed by atoms with Crippen LogP contribution < -0.4 is 15.2 Å². The zero-order valence-electron chi connectivity index (χ0n) is 10.8. The molecule has 0 bridgehead atoms. The monoisotopic (exact) mass is 296 g/mol. The Balaban J connectivity index is 2.04. The van der Waals surface area contributed by atoms with Gasteiger partial charge in [0.25, 0.3) is 0 Å². The van der Waals surface area contributed by atoms with Gasteiger partial charge in [-0.15, -0.1) is 11.3 Å². The van der Waals surface area contributed by atoms with Gasteiger partial charge in [0.1, 0.15) is 4.34 Å². The van der Waals surface area contributed by atoms with Crippen LogP contribution in [0.25, 0.3) is 0 Å². The molecule has 0 aliphatic rings. The van der Waals surface area contributed by atoms with E-state index in [1.54, 1.807) is 43.5 Å². The van der Waals surface area contributed by atoms with Crippen LogP contribution in [-0.4, -0.2) is 25.0 Å². The molecule has 102 valence electrons. The second-order valence-electron chi connectivity index (χ2n) is 3.83. The molecule has 0 amide bonds. The molecule has 2 N–H and O–H groups in total. The van der Waals surface area contributed by atoms with Crippen LogP contribution in [0, 0.1) is 0 Å². The minimum atomic E-state index is -0.0614. The Kier molecular flexibility index (Phi) is 5.07. The zero-order valence-corrected chi connectivity index (χ0v) is 12.5. The third-order valence-corrected chi connectivity index (χ3v) is 4.72. The summed E-state index contributed by atoms with van der Waals surface area (Å²) in [7, 11) is 3.24. The maximum Gasteiger partial charge on any atom is 0.161 e. The molecule has 0 saturated heterocycles. The average molecular weight is 296 g/mol. The van der Waals surface area contributed by atoms with Crippen LogP contribution >= 0.6 is 23.1 Å². The quantitative estimate of drug-likeness (QED) is 0.831. The maximum absolute atomic E-state index is 6.19. The molecule has 4 nitrogen and oxygen atoms in total. The lowest BCUT2D eigenvalue weighted by atomic mass is 10.1. The number of ether oxygens (including phenoxy) is 2. The van der Waals surface area contributed by atoms with Crippen molar-refractivity contribution in [3.8, 4) is 11.5 Å².